The number of rotatable bonds is 12. The summed E-state index contributed by atoms with van der Waals surface area (Å²) in [7, 11) is 0. The number of nitrogens with one attached hydrogen (secondary N) is 1. The zero-order chi connectivity index (χ0) is 29.2. The van der Waals surface area contributed by atoms with Crippen molar-refractivity contribution in [1.29, 1.82) is 0 Å². The highest BCUT2D eigenvalue weighted by Crippen LogP contribution is 2.28. The monoisotopic (exact) mass is 561 g/mol. The Labute approximate surface area is 243 Å². The number of hydrogen-bond donors (Lipinski definition) is 3. The maximum atomic E-state index is 12.7. The van der Waals surface area contributed by atoms with Crippen molar-refractivity contribution in [1.82, 2.24) is 5.32 Å². The zero-order valence-corrected chi connectivity index (χ0v) is 24.1. The minimum Gasteiger partial charge on any atom is -0.459 e. The molecule has 0 aromatic heterocycles. The molecule has 3 aromatic rings. The van der Waals surface area contributed by atoms with E-state index in [2.05, 4.69) is 5.32 Å². The molecule has 1 saturated carbocycles. The van der Waals surface area contributed by atoms with Crippen molar-refractivity contribution < 1.29 is 23.7 Å². The van der Waals surface area contributed by atoms with Gasteiger partial charge in [-0.05, 0) is 37.5 Å². The van der Waals surface area contributed by atoms with Crippen LogP contribution in [0.3, 0.4) is 0 Å². The van der Waals surface area contributed by atoms with E-state index in [1.54, 1.807) is 0 Å². The Morgan fingerprint density at radius 1 is 0.659 bits per heavy atom. The first-order valence-electron chi connectivity index (χ1n) is 14.1. The van der Waals surface area contributed by atoms with Gasteiger partial charge in [0, 0.05) is 0 Å². The Bertz CT molecular complexity index is 1130. The van der Waals surface area contributed by atoms with Gasteiger partial charge < -0.3 is 30.4 Å². The van der Waals surface area contributed by atoms with Crippen LogP contribution < -0.4 is 16.8 Å². The van der Waals surface area contributed by atoms with E-state index >= 15 is 0 Å². The van der Waals surface area contributed by atoms with Crippen LogP contribution in [0.5, 0.6) is 0 Å². The van der Waals surface area contributed by atoms with E-state index < -0.39 is 42.0 Å². The molecular formula is C33H43N3O5. The van der Waals surface area contributed by atoms with E-state index in [0.717, 1.165) is 16.7 Å². The van der Waals surface area contributed by atoms with Crippen LogP contribution in [0.15, 0.2) is 91.0 Å². The lowest BCUT2D eigenvalue weighted by molar-refractivity contribution is -0.160. The summed E-state index contributed by atoms with van der Waals surface area (Å²) >= 11 is 0. The second kappa shape index (κ2) is 14.7. The van der Waals surface area contributed by atoms with Crippen molar-refractivity contribution in [3.63, 3.8) is 0 Å². The first-order valence-corrected chi connectivity index (χ1v) is 14.1. The minimum atomic E-state index is -0.610. The molecule has 1 fully saturated rings. The Morgan fingerprint density at radius 2 is 1.02 bits per heavy atom. The minimum absolute atomic E-state index is 0.0483. The maximum absolute atomic E-state index is 12.7. The number of ether oxygens (including phenoxy) is 4. The highest BCUT2D eigenvalue weighted by molar-refractivity contribution is 5.72. The molecule has 6 atom stereocenters. The fraction of sp³-hybridized carbons (Fsp3) is 0.424. The van der Waals surface area contributed by atoms with Gasteiger partial charge in [-0.1, -0.05) is 91.0 Å². The molecule has 220 valence electrons. The quantitative estimate of drug-likeness (QED) is 0.287. The molecule has 41 heavy (non-hydrogen) atoms. The van der Waals surface area contributed by atoms with Crippen LogP contribution in [-0.2, 0) is 43.6 Å². The predicted molar refractivity (Wildman–Crippen MR) is 159 cm³/mol. The topological polar surface area (TPSA) is 118 Å². The summed E-state index contributed by atoms with van der Waals surface area (Å²) in [6.07, 6.45) is -1.70. The highest BCUT2D eigenvalue weighted by Gasteiger charge is 2.50. The van der Waals surface area contributed by atoms with Crippen molar-refractivity contribution in [3.05, 3.63) is 108 Å². The summed E-state index contributed by atoms with van der Waals surface area (Å²) in [6, 6.07) is 28.0. The molecule has 8 heteroatoms. The van der Waals surface area contributed by atoms with Gasteiger partial charge in [0.1, 0.15) is 5.60 Å². The molecule has 1 aliphatic carbocycles. The van der Waals surface area contributed by atoms with Crippen LogP contribution in [0.4, 0.5) is 0 Å². The van der Waals surface area contributed by atoms with Gasteiger partial charge in [-0.25, -0.2) is 0 Å². The largest absolute Gasteiger partial charge is 0.459 e. The Hall–Kier alpha value is -3.11. The molecular weight excluding hydrogens is 518 g/mol. The van der Waals surface area contributed by atoms with Crippen molar-refractivity contribution >= 4 is 5.97 Å². The fourth-order valence-electron chi connectivity index (χ4n) is 5.06. The standard InChI is InChI=1S/C33H43N3O5/c1-33(2,3)41-26(37)19-36-29-31(39-21-24-15-9-5-10-16-24)27(34)30(38-20-23-13-7-4-8-14-23)28(35)32(29)40-22-25-17-11-6-12-18-25/h4-18,27-32,36H,19-22,34-35H2,1-3H3/t27-,28+,29?,30?,31-,32+. The second-order valence-electron chi connectivity index (χ2n) is 11.4. The molecule has 0 radical (unpaired) electrons. The van der Waals surface area contributed by atoms with Crippen LogP contribution in [0, 0.1) is 0 Å². The molecule has 5 N–H and O–H groups in total. The predicted octanol–water partition coefficient (Wildman–Crippen LogP) is 3.71. The number of benzene rings is 3. The smallest absolute Gasteiger partial charge is 0.320 e. The summed E-state index contributed by atoms with van der Waals surface area (Å²) in [5, 5.41) is 3.33. The summed E-state index contributed by atoms with van der Waals surface area (Å²) in [5.41, 5.74) is 16.1. The van der Waals surface area contributed by atoms with E-state index in [4.69, 9.17) is 30.4 Å². The number of nitrogens with two attached hydrogens (primary N) is 2. The summed E-state index contributed by atoms with van der Waals surface area (Å²) in [4.78, 5) is 12.7. The Balaban J connectivity index is 1.59. The third-order valence-electron chi connectivity index (χ3n) is 6.98. The van der Waals surface area contributed by atoms with E-state index in [-0.39, 0.29) is 12.5 Å². The van der Waals surface area contributed by atoms with Crippen LogP contribution in [0.25, 0.3) is 0 Å². The summed E-state index contributed by atoms with van der Waals surface area (Å²) in [5.74, 6) is -0.384. The first-order chi connectivity index (χ1) is 19.7. The molecule has 0 bridgehead atoms. The number of hydrogen-bond acceptors (Lipinski definition) is 8. The molecule has 0 heterocycles. The SMILES string of the molecule is CC(C)(C)OC(=O)CNC1[C@@H](OCc2ccccc2)[C@@H](N)C(OCc2ccccc2)[C@@H](N)[C@H]1OCc1ccccc1. The Kier molecular flexibility index (Phi) is 11.0. The van der Waals surface area contributed by atoms with Crippen LogP contribution in [-0.4, -0.2) is 54.6 Å². The molecule has 3 aromatic carbocycles. The van der Waals surface area contributed by atoms with E-state index in [1.807, 2.05) is 112 Å². The maximum Gasteiger partial charge on any atom is 0.320 e. The molecule has 4 rings (SSSR count). The van der Waals surface area contributed by atoms with Crippen molar-refractivity contribution in [2.45, 2.75) is 82.6 Å². The van der Waals surface area contributed by atoms with Gasteiger partial charge in [0.25, 0.3) is 0 Å². The fourth-order valence-corrected chi connectivity index (χ4v) is 5.06. The Morgan fingerprint density at radius 3 is 1.39 bits per heavy atom. The third kappa shape index (κ3) is 9.19. The number of carbonyl (C=O) groups is 1. The average Bonchev–Trinajstić information content (AvgIpc) is 2.96. The van der Waals surface area contributed by atoms with E-state index in [1.165, 1.54) is 0 Å². The molecule has 1 aliphatic rings. The lowest BCUT2D eigenvalue weighted by Crippen LogP contribution is -2.73. The lowest BCUT2D eigenvalue weighted by atomic mass is 9.80. The number of esters is 1. The van der Waals surface area contributed by atoms with Gasteiger partial charge in [-0.3, -0.25) is 10.1 Å². The average molecular weight is 562 g/mol. The third-order valence-corrected chi connectivity index (χ3v) is 6.98. The summed E-state index contributed by atoms with van der Waals surface area (Å²) in [6.45, 7) is 6.47. The molecule has 0 spiro atoms. The molecule has 8 nitrogen and oxygen atoms in total. The van der Waals surface area contributed by atoms with Gasteiger partial charge in [0.05, 0.1) is 62.8 Å². The molecule has 0 aliphatic heterocycles. The van der Waals surface area contributed by atoms with Gasteiger partial charge in [0.2, 0.25) is 0 Å². The van der Waals surface area contributed by atoms with Crippen LogP contribution in [0.1, 0.15) is 37.5 Å². The van der Waals surface area contributed by atoms with Gasteiger partial charge in [0.15, 0.2) is 0 Å². The van der Waals surface area contributed by atoms with Crippen LogP contribution >= 0.6 is 0 Å². The molecule has 0 amide bonds. The van der Waals surface area contributed by atoms with E-state index in [9.17, 15) is 4.79 Å². The van der Waals surface area contributed by atoms with Gasteiger partial charge >= 0.3 is 5.97 Å². The zero-order valence-electron chi connectivity index (χ0n) is 24.1. The van der Waals surface area contributed by atoms with Crippen molar-refractivity contribution in [3.8, 4) is 0 Å². The van der Waals surface area contributed by atoms with Gasteiger partial charge in [-0.15, -0.1) is 0 Å². The molecule has 0 saturated heterocycles. The normalized spacial score (nSPS) is 24.6. The second-order valence-corrected chi connectivity index (χ2v) is 11.4. The van der Waals surface area contributed by atoms with Gasteiger partial charge in [-0.2, -0.15) is 0 Å². The van der Waals surface area contributed by atoms with Crippen LogP contribution in [0.2, 0.25) is 0 Å². The number of carbonyl (C=O) groups excluding carboxylic acids is 1. The first kappa shape index (κ1) is 30.8. The van der Waals surface area contributed by atoms with Crippen molar-refractivity contribution in [2.75, 3.05) is 6.54 Å². The van der Waals surface area contributed by atoms with E-state index in [0.29, 0.717) is 19.8 Å². The highest BCUT2D eigenvalue weighted by atomic mass is 16.6. The van der Waals surface area contributed by atoms with Crippen molar-refractivity contribution in [2.24, 2.45) is 11.5 Å². The lowest BCUT2D eigenvalue weighted by Gasteiger charge is -2.48. The summed E-state index contributed by atoms with van der Waals surface area (Å²) < 4.78 is 24.9. The molecule has 2 unspecified atom stereocenters.